The highest BCUT2D eigenvalue weighted by Gasteiger charge is 2.09. The fourth-order valence-corrected chi connectivity index (χ4v) is 1.99. The average molecular weight is 312 g/mol. The first kappa shape index (κ1) is 18.7. The second-order valence-electron chi connectivity index (χ2n) is 5.93. The van der Waals surface area contributed by atoms with Crippen molar-refractivity contribution in [3.8, 4) is 11.5 Å². The van der Waals surface area contributed by atoms with Gasteiger partial charge in [-0.1, -0.05) is 6.07 Å². The van der Waals surface area contributed by atoms with Gasteiger partial charge in [-0.3, -0.25) is 0 Å². The number of hydrogen-bond donors (Lipinski definition) is 2. The maximum Gasteiger partial charge on any atom is 0.123 e. The van der Waals surface area contributed by atoms with E-state index in [4.69, 9.17) is 9.47 Å². The molecule has 0 heterocycles. The van der Waals surface area contributed by atoms with E-state index in [1.54, 1.807) is 6.07 Å². The quantitative estimate of drug-likeness (QED) is 0.647. The maximum absolute atomic E-state index is 9.77. The van der Waals surface area contributed by atoms with Gasteiger partial charge in [-0.05, 0) is 40.3 Å². The molecule has 0 amide bonds. The first-order valence-corrected chi connectivity index (χ1v) is 7.38. The van der Waals surface area contributed by atoms with Crippen molar-refractivity contribution in [2.24, 2.45) is 0 Å². The van der Waals surface area contributed by atoms with Crippen LogP contribution in [0.25, 0.3) is 0 Å². The highest BCUT2D eigenvalue weighted by atomic mass is 16.5. The molecule has 1 rings (SSSR count). The first-order valence-electron chi connectivity index (χ1n) is 7.38. The van der Waals surface area contributed by atoms with E-state index in [1.165, 1.54) is 0 Å². The number of aliphatic hydroxyl groups excluding tert-OH is 2. The molecule has 2 N–H and O–H groups in total. The van der Waals surface area contributed by atoms with Gasteiger partial charge in [0.1, 0.15) is 36.9 Å². The van der Waals surface area contributed by atoms with E-state index >= 15 is 0 Å². The molecule has 0 saturated carbocycles. The average Bonchev–Trinajstić information content (AvgIpc) is 2.42. The van der Waals surface area contributed by atoms with Crippen LogP contribution >= 0.6 is 0 Å². The number of hydrogen-bond acceptors (Lipinski definition) is 6. The molecule has 0 unspecified atom stereocenters. The molecule has 1 aromatic rings. The summed E-state index contributed by atoms with van der Waals surface area (Å²) in [5.41, 5.74) is 0. The van der Waals surface area contributed by atoms with Gasteiger partial charge in [0.2, 0.25) is 0 Å². The Hall–Kier alpha value is -1.34. The zero-order valence-corrected chi connectivity index (χ0v) is 13.9. The van der Waals surface area contributed by atoms with Crippen LogP contribution in [-0.2, 0) is 0 Å². The third-order valence-electron chi connectivity index (χ3n) is 2.84. The van der Waals surface area contributed by atoms with E-state index in [-0.39, 0.29) is 13.2 Å². The van der Waals surface area contributed by atoms with Gasteiger partial charge in [0, 0.05) is 19.2 Å². The van der Waals surface area contributed by atoms with Crippen molar-refractivity contribution in [1.82, 2.24) is 9.80 Å². The Balaban J connectivity index is 2.41. The number of ether oxygens (including phenoxy) is 2. The van der Waals surface area contributed by atoms with Crippen molar-refractivity contribution in [2.45, 2.75) is 12.2 Å². The molecular weight excluding hydrogens is 284 g/mol. The van der Waals surface area contributed by atoms with Crippen molar-refractivity contribution in [3.63, 3.8) is 0 Å². The molecule has 0 radical (unpaired) electrons. The van der Waals surface area contributed by atoms with Crippen LogP contribution in [0.2, 0.25) is 0 Å². The molecule has 126 valence electrons. The minimum atomic E-state index is -0.540. The minimum Gasteiger partial charge on any atom is -0.491 e. The number of likely N-dealkylation sites (N-methyl/N-ethyl adjacent to an activating group) is 2. The lowest BCUT2D eigenvalue weighted by Gasteiger charge is -2.18. The van der Waals surface area contributed by atoms with Crippen LogP contribution < -0.4 is 9.47 Å². The Bertz CT molecular complexity index is 391. The van der Waals surface area contributed by atoms with Gasteiger partial charge in [-0.15, -0.1) is 0 Å². The smallest absolute Gasteiger partial charge is 0.123 e. The lowest BCUT2D eigenvalue weighted by atomic mass is 10.3. The summed E-state index contributed by atoms with van der Waals surface area (Å²) in [5.74, 6) is 1.27. The van der Waals surface area contributed by atoms with Crippen LogP contribution in [0.15, 0.2) is 24.3 Å². The first-order chi connectivity index (χ1) is 10.4. The lowest BCUT2D eigenvalue weighted by molar-refractivity contribution is 0.0801. The van der Waals surface area contributed by atoms with E-state index in [1.807, 2.05) is 56.2 Å². The number of benzene rings is 1. The molecule has 0 aliphatic carbocycles. The van der Waals surface area contributed by atoms with Crippen LogP contribution in [0, 0.1) is 0 Å². The predicted molar refractivity (Wildman–Crippen MR) is 86.6 cm³/mol. The topological polar surface area (TPSA) is 65.4 Å². The van der Waals surface area contributed by atoms with E-state index in [9.17, 15) is 10.2 Å². The van der Waals surface area contributed by atoms with Crippen LogP contribution in [-0.4, -0.2) is 86.7 Å². The highest BCUT2D eigenvalue weighted by Crippen LogP contribution is 2.19. The third-order valence-corrected chi connectivity index (χ3v) is 2.84. The van der Waals surface area contributed by atoms with Crippen molar-refractivity contribution in [3.05, 3.63) is 24.3 Å². The molecule has 0 bridgehead atoms. The fourth-order valence-electron chi connectivity index (χ4n) is 1.99. The van der Waals surface area contributed by atoms with Gasteiger partial charge in [-0.2, -0.15) is 0 Å². The van der Waals surface area contributed by atoms with E-state index in [0.717, 1.165) is 0 Å². The molecule has 0 aliphatic heterocycles. The molecule has 0 saturated heterocycles. The van der Waals surface area contributed by atoms with E-state index in [2.05, 4.69) is 0 Å². The largest absolute Gasteiger partial charge is 0.491 e. The monoisotopic (exact) mass is 312 g/mol. The molecule has 1 aromatic carbocycles. The fraction of sp³-hybridized carbons (Fsp3) is 0.625. The summed E-state index contributed by atoms with van der Waals surface area (Å²) >= 11 is 0. The van der Waals surface area contributed by atoms with Crippen molar-refractivity contribution in [1.29, 1.82) is 0 Å². The van der Waals surface area contributed by atoms with Crippen LogP contribution in [0.1, 0.15) is 0 Å². The maximum atomic E-state index is 9.77. The van der Waals surface area contributed by atoms with Crippen molar-refractivity contribution in [2.75, 3.05) is 54.5 Å². The summed E-state index contributed by atoms with van der Waals surface area (Å²) in [5, 5.41) is 19.5. The second-order valence-corrected chi connectivity index (χ2v) is 5.93. The normalized spacial score (nSPS) is 14.2. The van der Waals surface area contributed by atoms with Gasteiger partial charge in [-0.25, -0.2) is 0 Å². The highest BCUT2D eigenvalue weighted by molar-refractivity contribution is 5.32. The van der Waals surface area contributed by atoms with Gasteiger partial charge in [0.15, 0.2) is 0 Å². The van der Waals surface area contributed by atoms with Gasteiger partial charge < -0.3 is 29.5 Å². The van der Waals surface area contributed by atoms with Crippen molar-refractivity contribution >= 4 is 0 Å². The Kier molecular flexibility index (Phi) is 8.19. The van der Waals surface area contributed by atoms with Crippen molar-refractivity contribution < 1.29 is 19.7 Å². The number of nitrogens with zero attached hydrogens (tertiary/aromatic N) is 2. The van der Waals surface area contributed by atoms with Crippen LogP contribution in [0.5, 0.6) is 11.5 Å². The molecule has 0 aromatic heterocycles. The van der Waals surface area contributed by atoms with Crippen LogP contribution in [0.4, 0.5) is 0 Å². The lowest BCUT2D eigenvalue weighted by Crippen LogP contribution is -2.30. The minimum absolute atomic E-state index is 0.227. The Labute approximate surface area is 132 Å². The summed E-state index contributed by atoms with van der Waals surface area (Å²) < 4.78 is 11.1. The van der Waals surface area contributed by atoms with Gasteiger partial charge in [0.05, 0.1) is 0 Å². The third kappa shape index (κ3) is 8.19. The number of rotatable bonds is 10. The Morgan fingerprint density at radius 3 is 1.64 bits per heavy atom. The second kappa shape index (κ2) is 9.63. The summed E-state index contributed by atoms with van der Waals surface area (Å²) in [4.78, 5) is 3.80. The summed E-state index contributed by atoms with van der Waals surface area (Å²) in [6.07, 6.45) is -1.08. The zero-order chi connectivity index (χ0) is 16.5. The molecule has 2 atom stereocenters. The van der Waals surface area contributed by atoms with E-state index < -0.39 is 12.2 Å². The molecule has 0 spiro atoms. The molecular formula is C16H28N2O4. The SMILES string of the molecule is CN(C)C[C@H](O)COc1cccc(OC[C@@H](O)CN(C)C)c1. The molecule has 0 fully saturated rings. The standard InChI is InChI=1S/C16H28N2O4/c1-17(2)9-13(19)11-21-15-6-5-7-16(8-15)22-12-14(20)10-18(3)4/h5-8,13-14,19-20H,9-12H2,1-4H3/t13-,14-/m0/s1. The molecule has 6 nitrogen and oxygen atoms in total. The molecule has 0 aliphatic rings. The van der Waals surface area contributed by atoms with Crippen LogP contribution in [0.3, 0.4) is 0 Å². The Morgan fingerprint density at radius 2 is 1.27 bits per heavy atom. The summed E-state index contributed by atoms with van der Waals surface area (Å²) in [6.45, 7) is 1.55. The zero-order valence-electron chi connectivity index (χ0n) is 13.9. The van der Waals surface area contributed by atoms with E-state index in [0.29, 0.717) is 24.6 Å². The summed E-state index contributed by atoms with van der Waals surface area (Å²) in [7, 11) is 7.60. The predicted octanol–water partition coefficient (Wildman–Crippen LogP) is 0.289. The number of aliphatic hydroxyl groups is 2. The molecule has 6 heteroatoms. The van der Waals surface area contributed by atoms with Gasteiger partial charge >= 0.3 is 0 Å². The molecule has 22 heavy (non-hydrogen) atoms. The van der Waals surface area contributed by atoms with Gasteiger partial charge in [0.25, 0.3) is 0 Å². The summed E-state index contributed by atoms with van der Waals surface area (Å²) in [6, 6.07) is 7.20. The Morgan fingerprint density at radius 1 is 0.864 bits per heavy atom.